The Kier molecular flexibility index (Phi) is 6.22. The van der Waals surface area contributed by atoms with Gasteiger partial charge in [-0.2, -0.15) is 0 Å². The molecule has 0 spiro atoms. The van der Waals surface area contributed by atoms with Crippen LogP contribution in [0.5, 0.6) is 0 Å². The second kappa shape index (κ2) is 7.92. The van der Waals surface area contributed by atoms with Crippen LogP contribution in [0.3, 0.4) is 0 Å². The van der Waals surface area contributed by atoms with E-state index < -0.39 is 0 Å². The van der Waals surface area contributed by atoms with E-state index >= 15 is 0 Å². The molecule has 3 nitrogen and oxygen atoms in total. The largest absolute Gasteiger partial charge is 0.379 e. The highest BCUT2D eigenvalue weighted by atomic mass is 16.5. The predicted octanol–water partition coefficient (Wildman–Crippen LogP) is 3.04. The fourth-order valence-corrected chi connectivity index (χ4v) is 3.80. The number of benzene rings is 1. The third-order valence-electron chi connectivity index (χ3n) is 4.74. The van der Waals surface area contributed by atoms with E-state index in [0.29, 0.717) is 18.0 Å². The highest BCUT2D eigenvalue weighted by molar-refractivity contribution is 5.20. The molecule has 1 aliphatic heterocycles. The summed E-state index contributed by atoms with van der Waals surface area (Å²) in [6.45, 7) is 8.60. The minimum atomic E-state index is 0.457. The first-order valence-electron chi connectivity index (χ1n) is 8.18. The molecule has 2 rings (SSSR count). The number of nitrogens with zero attached hydrogens (tertiary/aromatic N) is 2. The summed E-state index contributed by atoms with van der Waals surface area (Å²) >= 11 is 0. The first kappa shape index (κ1) is 16.5. The molecule has 0 aromatic heterocycles. The van der Waals surface area contributed by atoms with E-state index in [9.17, 15) is 0 Å². The molecule has 1 heterocycles. The van der Waals surface area contributed by atoms with Crippen molar-refractivity contribution in [1.29, 1.82) is 0 Å². The smallest absolute Gasteiger partial charge is 0.0594 e. The van der Waals surface area contributed by atoms with E-state index in [1.54, 1.807) is 0 Å². The average Bonchev–Trinajstić information content (AvgIpc) is 2.50. The van der Waals surface area contributed by atoms with Gasteiger partial charge in [-0.3, -0.25) is 4.90 Å². The van der Waals surface area contributed by atoms with Crippen LogP contribution in [0.25, 0.3) is 0 Å². The first-order valence-corrected chi connectivity index (χ1v) is 8.18. The van der Waals surface area contributed by atoms with Gasteiger partial charge in [-0.05, 0) is 32.0 Å². The van der Waals surface area contributed by atoms with Crippen LogP contribution in [-0.2, 0) is 4.74 Å². The quantitative estimate of drug-likeness (QED) is 0.801. The van der Waals surface area contributed by atoms with Crippen molar-refractivity contribution in [2.45, 2.75) is 32.4 Å². The molecule has 1 fully saturated rings. The molecule has 3 heteroatoms. The van der Waals surface area contributed by atoms with Crippen molar-refractivity contribution in [2.24, 2.45) is 5.92 Å². The molecule has 3 atom stereocenters. The molecule has 0 amide bonds. The van der Waals surface area contributed by atoms with Gasteiger partial charge in [0.2, 0.25) is 0 Å². The summed E-state index contributed by atoms with van der Waals surface area (Å²) in [5, 5.41) is 0. The van der Waals surface area contributed by atoms with Crippen molar-refractivity contribution in [3.8, 4) is 0 Å². The summed E-state index contributed by atoms with van der Waals surface area (Å²) in [5.41, 5.74) is 1.42. The Hall–Kier alpha value is -0.900. The van der Waals surface area contributed by atoms with Crippen molar-refractivity contribution in [2.75, 3.05) is 40.4 Å². The second-order valence-corrected chi connectivity index (χ2v) is 6.30. The number of morpholine rings is 1. The maximum Gasteiger partial charge on any atom is 0.0594 e. The van der Waals surface area contributed by atoms with Gasteiger partial charge >= 0.3 is 0 Å². The Morgan fingerprint density at radius 2 is 1.76 bits per heavy atom. The van der Waals surface area contributed by atoms with Gasteiger partial charge in [0.15, 0.2) is 0 Å². The van der Waals surface area contributed by atoms with E-state index in [-0.39, 0.29) is 0 Å². The Labute approximate surface area is 129 Å². The zero-order valence-corrected chi connectivity index (χ0v) is 14.0. The molecule has 0 saturated carbocycles. The van der Waals surface area contributed by atoms with Gasteiger partial charge < -0.3 is 9.64 Å². The summed E-state index contributed by atoms with van der Waals surface area (Å²) in [6.07, 6.45) is 1.19. The lowest BCUT2D eigenvalue weighted by Crippen LogP contribution is -2.48. The zero-order chi connectivity index (χ0) is 15.2. The average molecular weight is 290 g/mol. The summed E-state index contributed by atoms with van der Waals surface area (Å²) in [7, 11) is 4.39. The maximum absolute atomic E-state index is 5.51. The third-order valence-corrected chi connectivity index (χ3v) is 4.74. The highest BCUT2D eigenvalue weighted by Crippen LogP contribution is 2.32. The Bertz CT molecular complexity index is 401. The van der Waals surface area contributed by atoms with Crippen molar-refractivity contribution in [1.82, 2.24) is 9.80 Å². The topological polar surface area (TPSA) is 15.7 Å². The first-order chi connectivity index (χ1) is 10.1. The maximum atomic E-state index is 5.51. The molecule has 1 saturated heterocycles. The number of rotatable bonds is 6. The molecule has 0 radical (unpaired) electrons. The lowest BCUT2D eigenvalue weighted by molar-refractivity contribution is -0.00740. The van der Waals surface area contributed by atoms with Crippen LogP contribution < -0.4 is 0 Å². The molecule has 1 aromatic rings. The molecule has 1 aliphatic rings. The van der Waals surface area contributed by atoms with E-state index in [2.05, 4.69) is 68.1 Å². The second-order valence-electron chi connectivity index (χ2n) is 6.30. The number of ether oxygens (including phenoxy) is 1. The molecular weight excluding hydrogens is 260 g/mol. The third kappa shape index (κ3) is 4.06. The molecule has 1 aromatic carbocycles. The van der Waals surface area contributed by atoms with Crippen LogP contribution in [0.1, 0.15) is 31.9 Å². The van der Waals surface area contributed by atoms with Gasteiger partial charge in [0.05, 0.1) is 13.2 Å². The summed E-state index contributed by atoms with van der Waals surface area (Å²) < 4.78 is 5.51. The van der Waals surface area contributed by atoms with Crippen molar-refractivity contribution < 1.29 is 4.74 Å². The minimum absolute atomic E-state index is 0.457. The predicted molar refractivity (Wildman–Crippen MR) is 88.5 cm³/mol. The van der Waals surface area contributed by atoms with E-state index in [1.165, 1.54) is 12.0 Å². The van der Waals surface area contributed by atoms with Crippen LogP contribution in [0.2, 0.25) is 0 Å². The summed E-state index contributed by atoms with van der Waals surface area (Å²) in [4.78, 5) is 4.98. The number of hydrogen-bond acceptors (Lipinski definition) is 3. The van der Waals surface area contributed by atoms with Crippen molar-refractivity contribution >= 4 is 0 Å². The Morgan fingerprint density at radius 3 is 2.29 bits per heavy atom. The molecule has 0 bridgehead atoms. The van der Waals surface area contributed by atoms with Gasteiger partial charge in [-0.25, -0.2) is 0 Å². The molecule has 21 heavy (non-hydrogen) atoms. The Morgan fingerprint density at radius 1 is 1.14 bits per heavy atom. The summed E-state index contributed by atoms with van der Waals surface area (Å²) in [6, 6.07) is 12.0. The molecule has 118 valence electrons. The monoisotopic (exact) mass is 290 g/mol. The molecule has 0 unspecified atom stereocenters. The molecule has 0 aliphatic carbocycles. The molecule has 0 N–H and O–H groups in total. The van der Waals surface area contributed by atoms with Crippen molar-refractivity contribution in [3.05, 3.63) is 35.9 Å². The zero-order valence-electron chi connectivity index (χ0n) is 14.0. The van der Waals surface area contributed by atoms with Crippen LogP contribution in [0.4, 0.5) is 0 Å². The van der Waals surface area contributed by atoms with E-state index in [0.717, 1.165) is 26.3 Å². The van der Waals surface area contributed by atoms with Crippen molar-refractivity contribution in [3.63, 3.8) is 0 Å². The van der Waals surface area contributed by atoms with Gasteiger partial charge in [0.25, 0.3) is 0 Å². The van der Waals surface area contributed by atoms with E-state index in [1.807, 2.05) is 0 Å². The fraction of sp³-hybridized carbons (Fsp3) is 0.667. The van der Waals surface area contributed by atoms with E-state index in [4.69, 9.17) is 4.74 Å². The standard InChI is InChI=1S/C18H30N2O/c1-5-17(20-11-13-21-14-12-20)15(2)18(19(3)4)16-9-7-6-8-10-16/h6-10,15,17-18H,5,11-14H2,1-4H3/t15-,17+,18-/m0/s1. The van der Waals surface area contributed by atoms with Gasteiger partial charge in [-0.1, -0.05) is 44.2 Å². The fourth-order valence-electron chi connectivity index (χ4n) is 3.80. The van der Waals surface area contributed by atoms with Crippen LogP contribution >= 0.6 is 0 Å². The molecular formula is C18H30N2O. The normalized spacial score (nSPS) is 21.2. The van der Waals surface area contributed by atoms with Crippen LogP contribution in [0, 0.1) is 5.92 Å². The Balaban J connectivity index is 2.17. The minimum Gasteiger partial charge on any atom is -0.379 e. The summed E-state index contributed by atoms with van der Waals surface area (Å²) in [5.74, 6) is 0.588. The lowest BCUT2D eigenvalue weighted by atomic mass is 9.85. The van der Waals surface area contributed by atoms with Crippen LogP contribution in [0.15, 0.2) is 30.3 Å². The van der Waals surface area contributed by atoms with Gasteiger partial charge in [-0.15, -0.1) is 0 Å². The number of hydrogen-bond donors (Lipinski definition) is 0. The van der Waals surface area contributed by atoms with Crippen LogP contribution in [-0.4, -0.2) is 56.2 Å². The van der Waals surface area contributed by atoms with Gasteiger partial charge in [0.1, 0.15) is 0 Å². The van der Waals surface area contributed by atoms with Gasteiger partial charge in [0, 0.05) is 25.2 Å². The lowest BCUT2D eigenvalue weighted by Gasteiger charge is -2.42. The highest BCUT2D eigenvalue weighted by Gasteiger charge is 2.31. The SMILES string of the molecule is CC[C@H]([C@H](C)[C@@H](c1ccccc1)N(C)C)N1CCOCC1.